The van der Waals surface area contributed by atoms with Gasteiger partial charge in [0.2, 0.25) is 0 Å². The van der Waals surface area contributed by atoms with Crippen LogP contribution in [0.25, 0.3) is 20.2 Å². The molecule has 6 nitrogen and oxygen atoms in total. The van der Waals surface area contributed by atoms with E-state index in [2.05, 4.69) is 271 Å². The Balaban J connectivity index is 0.894. The highest BCUT2D eigenvalue weighted by Gasteiger charge is 2.51. The molecular formula is C73H47B3N4O2S2. The Bertz CT molecular complexity index is 4710. The van der Waals surface area contributed by atoms with Crippen LogP contribution in [0, 0.1) is 20.8 Å². The van der Waals surface area contributed by atoms with Crippen LogP contribution in [-0.2, 0) is 0 Å². The Morgan fingerprint density at radius 3 is 1.05 bits per heavy atom. The van der Waals surface area contributed by atoms with Crippen LogP contribution < -0.4 is 76.9 Å². The maximum atomic E-state index is 7.40. The third-order valence-corrected chi connectivity index (χ3v) is 20.8. The van der Waals surface area contributed by atoms with Gasteiger partial charge in [0.15, 0.2) is 0 Å². The van der Waals surface area contributed by atoms with Gasteiger partial charge in [-0.15, -0.1) is 22.7 Å². The number of hydrogen-bond donors (Lipinski definition) is 0. The van der Waals surface area contributed by atoms with Crippen molar-refractivity contribution in [3.63, 3.8) is 0 Å². The van der Waals surface area contributed by atoms with E-state index in [1.165, 1.54) is 96.8 Å². The zero-order chi connectivity index (χ0) is 55.2. The zero-order valence-corrected chi connectivity index (χ0v) is 47.7. The van der Waals surface area contributed by atoms with Crippen LogP contribution in [0.5, 0.6) is 23.0 Å². The van der Waals surface area contributed by atoms with Crippen molar-refractivity contribution in [2.45, 2.75) is 20.8 Å². The summed E-state index contributed by atoms with van der Waals surface area (Å²) >= 11 is 3.86. The Morgan fingerprint density at radius 1 is 0.298 bits per heavy atom. The quantitative estimate of drug-likeness (QED) is 0.163. The fourth-order valence-corrected chi connectivity index (χ4v) is 17.8. The van der Waals surface area contributed by atoms with Gasteiger partial charge in [-0.1, -0.05) is 121 Å². The molecule has 0 saturated carbocycles. The molecule has 11 heteroatoms. The molecule has 392 valence electrons. The Hall–Kier alpha value is -9.67. The number of thiophene rings is 2. The second-order valence-electron chi connectivity index (χ2n) is 23.3. The number of ether oxygens (including phenoxy) is 2. The Labute approximate surface area is 495 Å². The lowest BCUT2D eigenvalue weighted by atomic mass is 9.31. The van der Waals surface area contributed by atoms with Gasteiger partial charge in [-0.25, -0.2) is 0 Å². The van der Waals surface area contributed by atoms with Crippen molar-refractivity contribution in [3.05, 3.63) is 247 Å². The number of rotatable bonds is 4. The predicted octanol–water partition coefficient (Wildman–Crippen LogP) is 13.9. The molecule has 11 aromatic carbocycles. The molecule has 0 N–H and O–H groups in total. The van der Waals surface area contributed by atoms with Crippen LogP contribution in [0.4, 0.5) is 68.2 Å². The van der Waals surface area contributed by atoms with Crippen molar-refractivity contribution < 1.29 is 9.47 Å². The number of fused-ring (bicyclic) bond motifs is 16. The summed E-state index contributed by atoms with van der Waals surface area (Å²) < 4.78 is 20.0. The van der Waals surface area contributed by atoms with E-state index in [9.17, 15) is 0 Å². The van der Waals surface area contributed by atoms with Crippen molar-refractivity contribution in [3.8, 4) is 23.0 Å². The molecule has 0 atom stereocenters. The average Bonchev–Trinajstić information content (AvgIpc) is 1.18. The number of hydrogen-bond acceptors (Lipinski definition) is 8. The van der Waals surface area contributed by atoms with Gasteiger partial charge in [0.25, 0.3) is 20.1 Å². The van der Waals surface area contributed by atoms with Crippen LogP contribution in [0.1, 0.15) is 16.7 Å². The van der Waals surface area contributed by atoms with E-state index in [-0.39, 0.29) is 20.1 Å². The predicted molar refractivity (Wildman–Crippen MR) is 357 cm³/mol. The first kappa shape index (κ1) is 46.9. The van der Waals surface area contributed by atoms with Gasteiger partial charge in [0.05, 0.1) is 11.4 Å². The van der Waals surface area contributed by atoms with E-state index >= 15 is 0 Å². The first-order valence-corrected chi connectivity index (χ1v) is 30.6. The number of nitrogens with zero attached hydrogens (tertiary/aromatic N) is 4. The van der Waals surface area contributed by atoms with Gasteiger partial charge in [0.1, 0.15) is 23.0 Å². The molecule has 0 aliphatic carbocycles. The van der Waals surface area contributed by atoms with Gasteiger partial charge in [-0.3, -0.25) is 0 Å². The number of aryl methyl sites for hydroxylation is 3. The van der Waals surface area contributed by atoms with Crippen molar-refractivity contribution in [1.29, 1.82) is 0 Å². The number of para-hydroxylation sites is 4. The molecule has 0 radical (unpaired) electrons. The summed E-state index contributed by atoms with van der Waals surface area (Å²) in [6, 6.07) is 85.7. The van der Waals surface area contributed by atoms with Crippen molar-refractivity contribution in [2.75, 3.05) is 19.6 Å². The number of benzene rings is 11. The monoisotopic (exact) mass is 1110 g/mol. The lowest BCUT2D eigenvalue weighted by Gasteiger charge is -2.45. The van der Waals surface area contributed by atoms with Crippen LogP contribution in [0.15, 0.2) is 231 Å². The van der Waals surface area contributed by atoms with E-state index in [1.807, 2.05) is 22.7 Å². The second-order valence-corrected chi connectivity index (χ2v) is 25.5. The van der Waals surface area contributed by atoms with Gasteiger partial charge < -0.3 is 29.1 Å². The molecule has 0 amide bonds. The minimum absolute atomic E-state index is 0.0797. The average molecular weight is 1110 g/mol. The lowest BCUT2D eigenvalue weighted by Crippen LogP contribution is -2.64. The summed E-state index contributed by atoms with van der Waals surface area (Å²) in [6.45, 7) is 6.27. The van der Waals surface area contributed by atoms with Gasteiger partial charge in [0, 0.05) is 104 Å². The normalized spacial score (nSPS) is 14.2. The summed E-state index contributed by atoms with van der Waals surface area (Å²) in [5.74, 6) is 3.40. The van der Waals surface area contributed by atoms with E-state index in [1.54, 1.807) is 0 Å². The minimum Gasteiger partial charge on any atom is -0.458 e. The third-order valence-electron chi connectivity index (χ3n) is 18.3. The molecule has 6 aliphatic heterocycles. The van der Waals surface area contributed by atoms with Gasteiger partial charge in [-0.05, 0) is 167 Å². The fraction of sp³-hybridized carbons (Fsp3) is 0.0411. The molecule has 0 spiro atoms. The smallest absolute Gasteiger partial charge is 0.264 e. The van der Waals surface area contributed by atoms with Crippen LogP contribution in [0.3, 0.4) is 0 Å². The SMILES string of the molecule is Cc1cc2c3c(c1)Oc1cc4c(cc1B3c1cc3c(cc1O2)N(c1ccccc1)c1cc(C)cc2c1B3c1sc3ccccc3c1N2c1ccccc1)B1c2sc3ccccc3c2N(c2ccccc2)c2cc(C)cc(c21)N4c1ccccc1. The maximum Gasteiger partial charge on any atom is 0.264 e. The zero-order valence-electron chi connectivity index (χ0n) is 46.1. The van der Waals surface area contributed by atoms with Crippen molar-refractivity contribution in [2.24, 2.45) is 0 Å². The maximum absolute atomic E-state index is 7.40. The Morgan fingerprint density at radius 2 is 0.643 bits per heavy atom. The third kappa shape index (κ3) is 6.37. The molecule has 19 rings (SSSR count). The highest BCUT2D eigenvalue weighted by Crippen LogP contribution is 2.52. The van der Waals surface area contributed by atoms with Crippen molar-refractivity contribution >= 4 is 179 Å². The van der Waals surface area contributed by atoms with Gasteiger partial charge in [-0.2, -0.15) is 0 Å². The molecule has 0 unspecified atom stereocenters. The molecular weight excluding hydrogens is 1060 g/mol. The van der Waals surface area contributed by atoms with Crippen LogP contribution in [-0.4, -0.2) is 20.1 Å². The molecule has 0 saturated heterocycles. The summed E-state index contributed by atoms with van der Waals surface area (Å²) in [5, 5.41) is 2.53. The molecule has 8 heterocycles. The highest BCUT2D eigenvalue weighted by molar-refractivity contribution is 7.34. The van der Waals surface area contributed by atoms with Crippen LogP contribution in [0.2, 0.25) is 0 Å². The fourth-order valence-electron chi connectivity index (χ4n) is 15.1. The first-order chi connectivity index (χ1) is 41.4. The summed E-state index contributed by atoms with van der Waals surface area (Å²) in [5.41, 5.74) is 26.0. The van der Waals surface area contributed by atoms with E-state index in [0.717, 1.165) is 79.1 Å². The minimum atomic E-state index is -0.218. The molecule has 0 bridgehead atoms. The first-order valence-electron chi connectivity index (χ1n) is 29.0. The molecule has 2 aromatic heterocycles. The van der Waals surface area contributed by atoms with Crippen LogP contribution >= 0.6 is 22.7 Å². The van der Waals surface area contributed by atoms with Gasteiger partial charge >= 0.3 is 0 Å². The van der Waals surface area contributed by atoms with E-state index < -0.39 is 0 Å². The van der Waals surface area contributed by atoms with Crippen molar-refractivity contribution in [1.82, 2.24) is 0 Å². The van der Waals surface area contributed by atoms with E-state index in [0.29, 0.717) is 0 Å². The summed E-state index contributed by atoms with van der Waals surface area (Å²) in [6.07, 6.45) is 0. The topological polar surface area (TPSA) is 31.4 Å². The van der Waals surface area contributed by atoms with E-state index in [4.69, 9.17) is 9.47 Å². The number of anilines is 12. The molecule has 0 fully saturated rings. The molecule has 84 heavy (non-hydrogen) atoms. The summed E-state index contributed by atoms with van der Waals surface area (Å²) in [7, 11) is 0. The Kier molecular flexibility index (Phi) is 9.60. The molecule has 13 aromatic rings. The standard InChI is InChI=1S/C73H47B3N4O2S2/c1-42-32-57-67-59(34-42)79(47-24-12-6-13-25-47)70-49-28-16-18-30-65(49)83-72(70)75(67)51-38-53-61(40-55(51)77(57)45-20-8-4-9-21-45)81-63-36-44(3)37-64-69(63)74(53)54-39-52-56(41-62(54)82-64)78(46-22-10-5-11-23-46)58-33-43(2)35-60-68(58)76(52)73-71(50-29-17-19-31-66(50)84-73)80(60)48-26-14-7-15-27-48/h4-41H,1-3H3. The molecule has 6 aliphatic rings. The second kappa shape index (κ2) is 17.2. The summed E-state index contributed by atoms with van der Waals surface area (Å²) in [4.78, 5) is 10.1. The highest BCUT2D eigenvalue weighted by atomic mass is 32.1. The lowest BCUT2D eigenvalue weighted by molar-refractivity contribution is 0.464. The largest absolute Gasteiger partial charge is 0.458 e.